The predicted octanol–water partition coefficient (Wildman–Crippen LogP) is 4.31. The molecule has 21 heavy (non-hydrogen) atoms. The molecule has 4 heteroatoms. The third-order valence-corrected chi connectivity index (χ3v) is 4.63. The average molecular weight is 285 g/mol. The summed E-state index contributed by atoms with van der Waals surface area (Å²) in [6, 6.07) is 5.75. The minimum absolute atomic E-state index is 0.435. The molecular formula is C17H23N3O. The highest BCUT2D eigenvalue weighted by atomic mass is 16.5. The summed E-state index contributed by atoms with van der Waals surface area (Å²) in [7, 11) is 0. The van der Waals surface area contributed by atoms with Crippen LogP contribution in [-0.4, -0.2) is 10.1 Å². The fraction of sp³-hybridized carbons (Fsp3) is 0.529. The Labute approximate surface area is 125 Å². The number of anilines is 1. The maximum Gasteiger partial charge on any atom is 0.258 e. The van der Waals surface area contributed by atoms with E-state index >= 15 is 0 Å². The lowest BCUT2D eigenvalue weighted by atomic mass is 9.73. The van der Waals surface area contributed by atoms with Crippen LogP contribution >= 0.6 is 0 Å². The van der Waals surface area contributed by atoms with Crippen molar-refractivity contribution in [2.75, 3.05) is 5.73 Å². The minimum atomic E-state index is 0.435. The Hall–Kier alpha value is -1.84. The maximum absolute atomic E-state index is 5.79. The molecule has 1 aromatic heterocycles. The summed E-state index contributed by atoms with van der Waals surface area (Å²) >= 11 is 0. The Bertz CT molecular complexity index is 635. The molecule has 0 unspecified atom stereocenters. The Balaban J connectivity index is 1.81. The van der Waals surface area contributed by atoms with Gasteiger partial charge in [0.1, 0.15) is 0 Å². The second-order valence-electron chi connectivity index (χ2n) is 6.97. The van der Waals surface area contributed by atoms with Crippen molar-refractivity contribution in [3.05, 3.63) is 29.6 Å². The molecule has 1 heterocycles. The molecular weight excluding hydrogens is 262 g/mol. The summed E-state index contributed by atoms with van der Waals surface area (Å²) in [5, 5.41) is 4.21. The zero-order chi connectivity index (χ0) is 15.0. The zero-order valence-electron chi connectivity index (χ0n) is 13.0. The van der Waals surface area contributed by atoms with Crippen LogP contribution in [0.1, 0.15) is 56.8 Å². The van der Waals surface area contributed by atoms with Crippen LogP contribution in [0.25, 0.3) is 11.5 Å². The SMILES string of the molecule is Cc1cc(N)ccc1-c1nc(C2CCC(C)(C)CC2)no1. The molecule has 2 N–H and O–H groups in total. The van der Waals surface area contributed by atoms with Gasteiger partial charge in [-0.3, -0.25) is 0 Å². The first-order valence-electron chi connectivity index (χ1n) is 7.65. The summed E-state index contributed by atoms with van der Waals surface area (Å²) in [6.45, 7) is 6.68. The first-order valence-corrected chi connectivity index (χ1v) is 7.65. The lowest BCUT2D eigenvalue weighted by molar-refractivity contribution is 0.218. The highest BCUT2D eigenvalue weighted by Crippen LogP contribution is 2.41. The molecule has 0 saturated heterocycles. The number of nitrogens with zero attached hydrogens (tertiary/aromatic N) is 2. The first kappa shape index (κ1) is 14.1. The van der Waals surface area contributed by atoms with Crippen LogP contribution in [0, 0.1) is 12.3 Å². The van der Waals surface area contributed by atoms with E-state index in [0.717, 1.165) is 35.5 Å². The average Bonchev–Trinajstić information content (AvgIpc) is 2.88. The molecule has 0 bridgehead atoms. The summed E-state index contributed by atoms with van der Waals surface area (Å²) < 4.78 is 5.47. The van der Waals surface area contributed by atoms with Crippen LogP contribution in [0.15, 0.2) is 22.7 Å². The highest BCUT2D eigenvalue weighted by molar-refractivity contribution is 5.62. The number of rotatable bonds is 2. The maximum atomic E-state index is 5.79. The van der Waals surface area contributed by atoms with Gasteiger partial charge < -0.3 is 10.3 Å². The van der Waals surface area contributed by atoms with Gasteiger partial charge in [-0.25, -0.2) is 0 Å². The molecule has 1 aliphatic carbocycles. The van der Waals surface area contributed by atoms with Gasteiger partial charge in [0.2, 0.25) is 0 Å². The van der Waals surface area contributed by atoms with Gasteiger partial charge in [-0.2, -0.15) is 4.98 Å². The monoisotopic (exact) mass is 285 g/mol. The number of aryl methyl sites for hydroxylation is 1. The third-order valence-electron chi connectivity index (χ3n) is 4.63. The van der Waals surface area contributed by atoms with Crippen molar-refractivity contribution in [1.82, 2.24) is 10.1 Å². The van der Waals surface area contributed by atoms with E-state index in [1.165, 1.54) is 12.8 Å². The molecule has 3 rings (SSSR count). The van der Waals surface area contributed by atoms with Crippen molar-refractivity contribution in [3.63, 3.8) is 0 Å². The van der Waals surface area contributed by atoms with Gasteiger partial charge in [0.25, 0.3) is 5.89 Å². The molecule has 2 aromatic rings. The Morgan fingerprint density at radius 2 is 1.95 bits per heavy atom. The van der Waals surface area contributed by atoms with Gasteiger partial charge in [0, 0.05) is 17.2 Å². The molecule has 4 nitrogen and oxygen atoms in total. The van der Waals surface area contributed by atoms with E-state index in [0.29, 0.717) is 17.2 Å². The Morgan fingerprint density at radius 1 is 1.24 bits per heavy atom. The Kier molecular flexibility index (Phi) is 3.47. The number of hydrogen-bond donors (Lipinski definition) is 1. The highest BCUT2D eigenvalue weighted by Gasteiger charge is 2.30. The molecule has 1 aliphatic rings. The lowest BCUT2D eigenvalue weighted by Crippen LogP contribution is -2.20. The van der Waals surface area contributed by atoms with Gasteiger partial charge >= 0.3 is 0 Å². The van der Waals surface area contributed by atoms with Crippen molar-refractivity contribution in [1.29, 1.82) is 0 Å². The van der Waals surface area contributed by atoms with E-state index in [1.54, 1.807) is 0 Å². The Morgan fingerprint density at radius 3 is 2.62 bits per heavy atom. The predicted molar refractivity (Wildman–Crippen MR) is 83.9 cm³/mol. The van der Waals surface area contributed by atoms with Gasteiger partial charge in [-0.05, 0) is 61.8 Å². The fourth-order valence-corrected chi connectivity index (χ4v) is 3.09. The van der Waals surface area contributed by atoms with Crippen molar-refractivity contribution in [2.24, 2.45) is 5.41 Å². The van der Waals surface area contributed by atoms with Gasteiger partial charge in [-0.15, -0.1) is 0 Å². The van der Waals surface area contributed by atoms with Gasteiger partial charge in [-0.1, -0.05) is 19.0 Å². The normalized spacial score (nSPS) is 18.8. The molecule has 112 valence electrons. The zero-order valence-corrected chi connectivity index (χ0v) is 13.0. The largest absolute Gasteiger partial charge is 0.399 e. The van der Waals surface area contributed by atoms with Crippen LogP contribution < -0.4 is 5.73 Å². The van der Waals surface area contributed by atoms with Crippen molar-refractivity contribution >= 4 is 5.69 Å². The summed E-state index contributed by atoms with van der Waals surface area (Å²) in [5.74, 6) is 1.90. The van der Waals surface area contributed by atoms with Crippen LogP contribution in [0.2, 0.25) is 0 Å². The molecule has 0 radical (unpaired) electrons. The van der Waals surface area contributed by atoms with Crippen LogP contribution in [0.5, 0.6) is 0 Å². The van der Waals surface area contributed by atoms with Crippen molar-refractivity contribution < 1.29 is 4.52 Å². The van der Waals surface area contributed by atoms with E-state index in [1.807, 2.05) is 25.1 Å². The minimum Gasteiger partial charge on any atom is -0.399 e. The summed E-state index contributed by atoms with van der Waals surface area (Å²) in [6.07, 6.45) is 4.74. The molecule has 0 atom stereocenters. The number of nitrogen functional groups attached to an aromatic ring is 1. The van der Waals surface area contributed by atoms with Crippen molar-refractivity contribution in [3.8, 4) is 11.5 Å². The van der Waals surface area contributed by atoms with Crippen LogP contribution in [-0.2, 0) is 0 Å². The molecule has 0 amide bonds. The fourth-order valence-electron chi connectivity index (χ4n) is 3.09. The number of hydrogen-bond acceptors (Lipinski definition) is 4. The molecule has 1 aromatic carbocycles. The standard InChI is InChI=1S/C17H23N3O/c1-11-10-13(18)4-5-14(11)16-19-15(20-21-16)12-6-8-17(2,3)9-7-12/h4-5,10,12H,6-9,18H2,1-3H3. The van der Waals surface area contributed by atoms with E-state index in [4.69, 9.17) is 10.3 Å². The number of aromatic nitrogens is 2. The van der Waals surface area contributed by atoms with E-state index in [9.17, 15) is 0 Å². The van der Waals surface area contributed by atoms with E-state index in [-0.39, 0.29) is 0 Å². The number of benzene rings is 1. The quantitative estimate of drug-likeness (QED) is 0.835. The number of nitrogens with two attached hydrogens (primary N) is 1. The van der Waals surface area contributed by atoms with Crippen molar-refractivity contribution in [2.45, 2.75) is 52.4 Å². The second kappa shape index (κ2) is 5.17. The van der Waals surface area contributed by atoms with Gasteiger partial charge in [0.15, 0.2) is 5.82 Å². The summed E-state index contributed by atoms with van der Waals surface area (Å²) in [4.78, 5) is 4.62. The second-order valence-corrected chi connectivity index (χ2v) is 6.97. The van der Waals surface area contributed by atoms with E-state index in [2.05, 4.69) is 24.0 Å². The topological polar surface area (TPSA) is 64.9 Å². The molecule has 1 saturated carbocycles. The molecule has 1 fully saturated rings. The lowest BCUT2D eigenvalue weighted by Gasteiger charge is -2.32. The first-order chi connectivity index (χ1) is 9.94. The van der Waals surface area contributed by atoms with Crippen LogP contribution in [0.3, 0.4) is 0 Å². The molecule has 0 spiro atoms. The van der Waals surface area contributed by atoms with Gasteiger partial charge in [0.05, 0.1) is 0 Å². The van der Waals surface area contributed by atoms with E-state index < -0.39 is 0 Å². The molecule has 0 aliphatic heterocycles. The van der Waals surface area contributed by atoms with Crippen LogP contribution in [0.4, 0.5) is 5.69 Å². The smallest absolute Gasteiger partial charge is 0.258 e. The third kappa shape index (κ3) is 2.94. The summed E-state index contributed by atoms with van der Waals surface area (Å²) in [5.41, 5.74) is 9.03.